The maximum Gasteiger partial charge on any atom is 0.244 e. The van der Waals surface area contributed by atoms with Gasteiger partial charge in [0.2, 0.25) is 14.9 Å². The second-order valence-electron chi connectivity index (χ2n) is 1.22. The van der Waals surface area contributed by atoms with Gasteiger partial charge in [-0.3, -0.25) is 8.98 Å². The van der Waals surface area contributed by atoms with Crippen LogP contribution in [0, 0.1) is 0 Å². The molecule has 0 aliphatic heterocycles. The Labute approximate surface area is 57.4 Å². The quantitative estimate of drug-likeness (QED) is 0.513. The summed E-state index contributed by atoms with van der Waals surface area (Å²) in [6, 6.07) is 0. The van der Waals surface area contributed by atoms with Gasteiger partial charge in [-0.25, -0.2) is 9.35 Å². The van der Waals surface area contributed by atoms with Gasteiger partial charge in [0.1, 0.15) is 6.61 Å². The molecule has 5 nitrogen and oxygen atoms in total. The molecule has 0 radical (unpaired) electrons. The molecule has 0 bridgehead atoms. The molecule has 1 unspecified atom stereocenters. The maximum absolute atomic E-state index is 10.3. The van der Waals surface area contributed by atoms with Crippen LogP contribution in [0.5, 0.6) is 0 Å². The number of carbonyl (C=O) groups is 1. The first kappa shape index (κ1) is 8.76. The number of amides is 1. The summed E-state index contributed by atoms with van der Waals surface area (Å²) < 4.78 is 14.4. The van der Waals surface area contributed by atoms with E-state index in [9.17, 15) is 9.00 Å². The molecule has 0 spiro atoms. The number of hydrogen-bond donors (Lipinski definition) is 2. The average molecular weight is 170 g/mol. The molecule has 7 heteroatoms. The monoisotopic (exact) mass is 170 g/mol. The zero-order valence-electron chi connectivity index (χ0n) is 4.40. The summed E-state index contributed by atoms with van der Waals surface area (Å²) in [5.74, 6) is -0.752. The molecule has 0 aromatic rings. The van der Waals surface area contributed by atoms with E-state index in [-0.39, 0.29) is 0 Å². The molecule has 1 amide bonds. The lowest BCUT2D eigenvalue weighted by molar-refractivity contribution is -0.119. The van der Waals surface area contributed by atoms with Crippen molar-refractivity contribution in [3.8, 4) is 0 Å². The lowest BCUT2D eigenvalue weighted by atomic mass is 10.7. The summed E-state index contributed by atoms with van der Waals surface area (Å²) in [6.45, 7) is -0.501. The third-order valence-electron chi connectivity index (χ3n) is 0.365. The second kappa shape index (κ2) is 3.06. The Hall–Kier alpha value is -0.240. The van der Waals surface area contributed by atoms with Crippen molar-refractivity contribution in [2.75, 3.05) is 6.61 Å². The zero-order chi connectivity index (χ0) is 7.49. The topological polar surface area (TPSA) is 95.4 Å². The fourth-order valence-corrected chi connectivity index (χ4v) is 0.565. The summed E-state index contributed by atoms with van der Waals surface area (Å²) in [5, 5.41) is 4.70. The Balaban J connectivity index is 3.67. The minimum Gasteiger partial charge on any atom is -0.368 e. The Morgan fingerprint density at radius 2 is 2.22 bits per heavy atom. The molecule has 0 fully saturated rings. The molecule has 0 aliphatic rings. The van der Waals surface area contributed by atoms with Crippen LogP contribution in [0.3, 0.4) is 0 Å². The first-order chi connectivity index (χ1) is 3.92. The molecule has 0 rings (SSSR count). The van der Waals surface area contributed by atoms with Crippen LogP contribution in [-0.2, 0) is 29.1 Å². The van der Waals surface area contributed by atoms with Gasteiger partial charge in [-0.15, -0.1) is 0 Å². The normalized spacial score (nSPS) is 16.6. The van der Waals surface area contributed by atoms with E-state index < -0.39 is 21.5 Å². The molecule has 54 valence electrons. The van der Waals surface area contributed by atoms with Crippen molar-refractivity contribution >= 4 is 26.1 Å². The highest BCUT2D eigenvalue weighted by Gasteiger charge is 1.99. The van der Waals surface area contributed by atoms with Gasteiger partial charge >= 0.3 is 0 Å². The summed E-state index contributed by atoms with van der Waals surface area (Å²) >= 11 is 4.08. The zero-order valence-corrected chi connectivity index (χ0v) is 6.04. The fraction of sp³-hybridized carbons (Fsp3) is 0.500. The Bertz CT molecular complexity index is 196. The second-order valence-corrected chi connectivity index (χ2v) is 3.84. The maximum atomic E-state index is 10.3. The molecule has 0 aromatic carbocycles. The van der Waals surface area contributed by atoms with Crippen molar-refractivity contribution in [1.82, 2.24) is 0 Å². The van der Waals surface area contributed by atoms with Crippen molar-refractivity contribution in [1.29, 1.82) is 0 Å². The lowest BCUT2D eigenvalue weighted by Crippen LogP contribution is -2.24. The van der Waals surface area contributed by atoms with Crippen LogP contribution in [0.4, 0.5) is 0 Å². The molecule has 1 atom stereocenters. The van der Waals surface area contributed by atoms with E-state index in [1.807, 2.05) is 0 Å². The van der Waals surface area contributed by atoms with Crippen LogP contribution in [-0.4, -0.2) is 16.7 Å². The van der Waals surface area contributed by atoms with Crippen molar-refractivity contribution in [3.63, 3.8) is 0 Å². The SMILES string of the molecule is NC(=O)COS(N)(=O)=S. The van der Waals surface area contributed by atoms with Gasteiger partial charge in [-0.2, -0.15) is 0 Å². The number of primary amides is 1. The lowest BCUT2D eigenvalue weighted by Gasteiger charge is -1.96. The summed E-state index contributed by atoms with van der Waals surface area (Å²) in [7, 11) is -3.19. The van der Waals surface area contributed by atoms with Crippen LogP contribution in [0.1, 0.15) is 0 Å². The Kier molecular flexibility index (Phi) is 2.98. The van der Waals surface area contributed by atoms with Crippen molar-refractivity contribution in [3.05, 3.63) is 0 Å². The van der Waals surface area contributed by atoms with E-state index in [1.165, 1.54) is 0 Å². The molecule has 9 heavy (non-hydrogen) atoms. The van der Waals surface area contributed by atoms with Crippen LogP contribution in [0.15, 0.2) is 0 Å². The highest BCUT2D eigenvalue weighted by atomic mass is 32.8. The number of hydrogen-bond acceptors (Lipinski definition) is 4. The largest absolute Gasteiger partial charge is 0.368 e. The minimum atomic E-state index is -3.19. The van der Waals surface area contributed by atoms with Crippen LogP contribution < -0.4 is 10.9 Å². The van der Waals surface area contributed by atoms with Gasteiger partial charge in [0.25, 0.3) is 0 Å². The van der Waals surface area contributed by atoms with E-state index >= 15 is 0 Å². The highest BCUT2D eigenvalue weighted by Crippen LogP contribution is 1.79. The smallest absolute Gasteiger partial charge is 0.244 e. The third-order valence-corrected chi connectivity index (χ3v) is 1.10. The first-order valence-electron chi connectivity index (χ1n) is 1.87. The van der Waals surface area contributed by atoms with Crippen molar-refractivity contribution < 1.29 is 13.2 Å². The predicted molar refractivity (Wildman–Crippen MR) is 34.8 cm³/mol. The summed E-state index contributed by atoms with van der Waals surface area (Å²) in [4.78, 5) is 9.92. The average Bonchev–Trinajstić information content (AvgIpc) is 1.59. The van der Waals surface area contributed by atoms with E-state index in [4.69, 9.17) is 5.14 Å². The summed E-state index contributed by atoms with van der Waals surface area (Å²) in [5.41, 5.74) is 4.61. The predicted octanol–water partition coefficient (Wildman–Crippen LogP) is -1.98. The number of nitrogens with two attached hydrogens (primary N) is 2. The van der Waals surface area contributed by atoms with Gasteiger partial charge in [0, 0.05) is 11.2 Å². The Morgan fingerprint density at radius 1 is 1.78 bits per heavy atom. The molecular formula is C2H6N2O3S2. The van der Waals surface area contributed by atoms with Crippen LogP contribution in [0.25, 0.3) is 0 Å². The van der Waals surface area contributed by atoms with Gasteiger partial charge in [0.05, 0.1) is 0 Å². The Morgan fingerprint density at radius 3 is 2.33 bits per heavy atom. The standard InChI is InChI=1S/C2H6N2O3S2/c3-2(5)1-7-9(4,6)8/h1H2,(H2,3,5)(H2,4,6,8). The number of carbonyl (C=O) groups excluding carboxylic acids is 1. The third kappa shape index (κ3) is 7.76. The fourth-order valence-electron chi connectivity index (χ4n) is 0.140. The van der Waals surface area contributed by atoms with Crippen molar-refractivity contribution in [2.24, 2.45) is 10.9 Å². The summed E-state index contributed by atoms with van der Waals surface area (Å²) in [6.07, 6.45) is 0. The van der Waals surface area contributed by atoms with Crippen LogP contribution >= 0.6 is 0 Å². The van der Waals surface area contributed by atoms with Gasteiger partial charge in [-0.1, -0.05) is 0 Å². The van der Waals surface area contributed by atoms with E-state index in [1.54, 1.807) is 0 Å². The molecule has 0 aliphatic carbocycles. The first-order valence-corrected chi connectivity index (χ1v) is 4.34. The molecule has 0 saturated heterocycles. The number of rotatable bonds is 3. The molecular weight excluding hydrogens is 164 g/mol. The molecule has 0 aromatic heterocycles. The van der Waals surface area contributed by atoms with E-state index in [0.717, 1.165) is 0 Å². The van der Waals surface area contributed by atoms with Gasteiger partial charge < -0.3 is 5.73 Å². The van der Waals surface area contributed by atoms with Gasteiger partial charge in [-0.05, 0) is 0 Å². The van der Waals surface area contributed by atoms with Crippen molar-refractivity contribution in [2.45, 2.75) is 0 Å². The van der Waals surface area contributed by atoms with E-state index in [0.29, 0.717) is 0 Å². The molecule has 0 saturated carbocycles. The van der Waals surface area contributed by atoms with Gasteiger partial charge in [0.15, 0.2) is 0 Å². The molecule has 0 heterocycles. The molecule has 4 N–H and O–H groups in total. The van der Waals surface area contributed by atoms with E-state index in [2.05, 4.69) is 21.1 Å². The van der Waals surface area contributed by atoms with Crippen LogP contribution in [0.2, 0.25) is 0 Å². The highest BCUT2D eigenvalue weighted by molar-refractivity contribution is 8.28. The minimum absolute atomic E-state index is 0.501.